The molecule has 0 aromatic rings. The summed E-state index contributed by atoms with van der Waals surface area (Å²) in [7, 11) is -0.00772. The molecular formula is C26H32FeP2. The first kappa shape index (κ1) is 24.8. The van der Waals surface area contributed by atoms with Crippen molar-refractivity contribution in [1.29, 1.82) is 0 Å². The maximum Gasteiger partial charge on any atom is 2.00 e. The molecule has 0 saturated carbocycles. The topological polar surface area (TPSA) is 0 Å². The summed E-state index contributed by atoms with van der Waals surface area (Å²) in [5.41, 5.74) is 21.7. The van der Waals surface area contributed by atoms with E-state index in [1.54, 1.807) is 0 Å². The zero-order chi connectivity index (χ0) is 19.9. The van der Waals surface area contributed by atoms with Gasteiger partial charge in [0.25, 0.3) is 0 Å². The van der Waals surface area contributed by atoms with Crippen molar-refractivity contribution in [3.05, 3.63) is 57.2 Å². The molecule has 2 aliphatic heterocycles. The van der Waals surface area contributed by atoms with Gasteiger partial charge in [0, 0.05) is 0 Å². The van der Waals surface area contributed by atoms with E-state index in [9.17, 15) is 0 Å². The Morgan fingerprint density at radius 1 is 0.655 bits per heavy atom. The van der Waals surface area contributed by atoms with Crippen molar-refractivity contribution in [3.63, 3.8) is 0 Å². The second kappa shape index (κ2) is 12.4. The first-order valence-electron chi connectivity index (χ1n) is 11.1. The largest absolute Gasteiger partial charge is 2.00 e. The average molecular weight is 462 g/mol. The van der Waals surface area contributed by atoms with Crippen LogP contribution in [0, 0.1) is 12.2 Å². The first-order chi connectivity index (χ1) is 13.7. The molecule has 2 fully saturated rings. The molecule has 154 valence electrons. The van der Waals surface area contributed by atoms with Gasteiger partial charge >= 0.3 is 17.1 Å². The monoisotopic (exact) mass is 462 g/mol. The fourth-order valence-electron chi connectivity index (χ4n) is 4.94. The Hall–Kier alpha value is -0.461. The molecule has 2 heterocycles. The minimum Gasteiger partial charge on any atom is -0.286 e. The molecular weight excluding hydrogens is 430 g/mol. The van der Waals surface area contributed by atoms with Gasteiger partial charge in [0.15, 0.2) is 0 Å². The van der Waals surface area contributed by atoms with E-state index < -0.39 is 0 Å². The third-order valence-electron chi connectivity index (χ3n) is 6.49. The fraction of sp³-hybridized carbons (Fsp3) is 0.615. The standard InChI is InChI=1S/2C13H16P.Fe/c2*1-3-11-9-10-12(4-2)14(11)13-7-5-6-8-13;/h2*11-12H,3-4,9-10H2,1-2H3;/q2*-1;+2/t2*11-,12-;/m11./s1. The summed E-state index contributed by atoms with van der Waals surface area (Å²) in [6, 6.07) is 0. The van der Waals surface area contributed by atoms with Crippen molar-refractivity contribution >= 4 is 15.8 Å². The van der Waals surface area contributed by atoms with Crippen molar-refractivity contribution < 1.29 is 17.1 Å². The van der Waals surface area contributed by atoms with Gasteiger partial charge in [0.2, 0.25) is 0 Å². The van der Waals surface area contributed by atoms with Gasteiger partial charge in [-0.2, -0.15) is 0 Å². The molecule has 0 bridgehead atoms. The Morgan fingerprint density at radius 2 is 0.966 bits per heavy atom. The normalized spacial score (nSPS) is 29.2. The zero-order valence-corrected chi connectivity index (χ0v) is 21.1. The van der Waals surface area contributed by atoms with Crippen LogP contribution in [0.2, 0.25) is 0 Å². The molecule has 4 atom stereocenters. The van der Waals surface area contributed by atoms with E-state index in [0.29, 0.717) is 0 Å². The van der Waals surface area contributed by atoms with Crippen molar-refractivity contribution in [2.24, 2.45) is 0 Å². The predicted molar refractivity (Wildman–Crippen MR) is 123 cm³/mol. The number of hydrogen-bond acceptors (Lipinski definition) is 0. The van der Waals surface area contributed by atoms with Crippen LogP contribution < -0.4 is 0 Å². The van der Waals surface area contributed by atoms with Crippen LogP contribution >= 0.6 is 15.8 Å². The minimum atomic E-state index is -0.00386. The molecule has 0 radical (unpaired) electrons. The van der Waals surface area contributed by atoms with Crippen LogP contribution in [-0.2, 0) is 17.1 Å². The van der Waals surface area contributed by atoms with E-state index in [1.165, 1.54) is 62.0 Å². The third kappa shape index (κ3) is 5.82. The summed E-state index contributed by atoms with van der Waals surface area (Å²) in [5.74, 6) is 0. The van der Waals surface area contributed by atoms with Crippen LogP contribution in [0.3, 0.4) is 0 Å². The van der Waals surface area contributed by atoms with Crippen molar-refractivity contribution in [2.75, 3.05) is 0 Å². The van der Waals surface area contributed by atoms with Gasteiger partial charge in [-0.05, 0) is 74.0 Å². The van der Waals surface area contributed by atoms with Gasteiger partial charge in [-0.25, -0.2) is 11.5 Å². The molecule has 2 saturated heterocycles. The number of hydrogen-bond donors (Lipinski definition) is 0. The SMILES string of the molecule is CC[C@@H]1CC[C@@H](CC)P1C1=C=C=C=[C-]1.CC[C@@H]1CC[C@@H](CC)P1C1=C=C=C=[C-]1.[Fe+2]. The summed E-state index contributed by atoms with van der Waals surface area (Å²) >= 11 is 0. The van der Waals surface area contributed by atoms with Crippen molar-refractivity contribution in [1.82, 2.24) is 0 Å². The Morgan fingerprint density at radius 3 is 1.17 bits per heavy atom. The van der Waals surface area contributed by atoms with Gasteiger partial charge < -0.3 is 0 Å². The zero-order valence-electron chi connectivity index (χ0n) is 18.2. The summed E-state index contributed by atoms with van der Waals surface area (Å²) in [4.78, 5) is 0. The maximum atomic E-state index is 3.20. The Balaban J connectivity index is 0.000000200. The molecule has 0 aromatic heterocycles. The van der Waals surface area contributed by atoms with E-state index >= 15 is 0 Å². The Labute approximate surface area is 191 Å². The molecule has 0 unspecified atom stereocenters. The van der Waals surface area contributed by atoms with Gasteiger partial charge in [0.1, 0.15) is 0 Å². The van der Waals surface area contributed by atoms with Gasteiger partial charge in [-0.1, -0.05) is 43.5 Å². The van der Waals surface area contributed by atoms with E-state index in [2.05, 4.69) is 74.2 Å². The minimum absolute atomic E-state index is 0. The van der Waals surface area contributed by atoms with Crippen molar-refractivity contribution in [2.45, 2.75) is 102 Å². The molecule has 0 amide bonds. The average Bonchev–Trinajstić information content (AvgIpc) is 3.52. The van der Waals surface area contributed by atoms with Gasteiger partial charge in [-0.15, -0.1) is 22.8 Å². The smallest absolute Gasteiger partial charge is 0.286 e. The van der Waals surface area contributed by atoms with Crippen LogP contribution in [-0.4, -0.2) is 22.6 Å². The fourth-order valence-corrected chi connectivity index (χ4v) is 11.6. The molecule has 3 heteroatoms. The second-order valence-corrected chi connectivity index (χ2v) is 13.4. The molecule has 0 spiro atoms. The molecule has 2 aliphatic carbocycles. The van der Waals surface area contributed by atoms with Gasteiger partial charge in [-0.3, -0.25) is 22.9 Å². The summed E-state index contributed by atoms with van der Waals surface area (Å²) in [6.45, 7) is 9.26. The molecule has 4 aliphatic rings. The molecule has 4 rings (SSSR count). The summed E-state index contributed by atoms with van der Waals surface area (Å²) in [6.07, 6.45) is 17.3. The van der Waals surface area contributed by atoms with Crippen molar-refractivity contribution in [3.8, 4) is 0 Å². The van der Waals surface area contributed by atoms with Crippen LogP contribution in [0.1, 0.15) is 79.1 Å². The molecule has 29 heavy (non-hydrogen) atoms. The number of allylic oxidation sites excluding steroid dienone is 4. The van der Waals surface area contributed by atoms with E-state index in [1.807, 2.05) is 0 Å². The predicted octanol–water partition coefficient (Wildman–Crippen LogP) is 7.97. The number of rotatable bonds is 6. The van der Waals surface area contributed by atoms with Crippen LogP contribution in [0.25, 0.3) is 0 Å². The second-order valence-electron chi connectivity index (χ2n) is 7.91. The molecule has 0 N–H and O–H groups in total. The van der Waals surface area contributed by atoms with Crippen LogP contribution in [0.5, 0.6) is 0 Å². The van der Waals surface area contributed by atoms with E-state index in [0.717, 1.165) is 22.6 Å². The van der Waals surface area contributed by atoms with Gasteiger partial charge in [0.05, 0.1) is 0 Å². The maximum absolute atomic E-state index is 3.20. The summed E-state index contributed by atoms with van der Waals surface area (Å²) in [5, 5.41) is 2.60. The molecule has 0 aromatic carbocycles. The molecule has 0 nitrogen and oxygen atoms in total. The quantitative estimate of drug-likeness (QED) is 0.163. The van der Waals surface area contributed by atoms with Crippen LogP contribution in [0.4, 0.5) is 0 Å². The van der Waals surface area contributed by atoms with E-state index in [-0.39, 0.29) is 32.9 Å². The summed E-state index contributed by atoms with van der Waals surface area (Å²) < 4.78 is 0. The third-order valence-corrected chi connectivity index (χ3v) is 13.6. The Kier molecular flexibility index (Phi) is 10.6. The first-order valence-corrected chi connectivity index (χ1v) is 14.0. The van der Waals surface area contributed by atoms with Crippen LogP contribution in [0.15, 0.2) is 45.0 Å². The van der Waals surface area contributed by atoms with E-state index in [4.69, 9.17) is 0 Å². The Bertz CT molecular complexity index is 749.